The molecule has 21 heavy (non-hydrogen) atoms. The van der Waals surface area contributed by atoms with E-state index in [1.807, 2.05) is 6.92 Å². The third-order valence-corrected chi connectivity index (χ3v) is 2.91. The number of rotatable bonds is 6. The van der Waals surface area contributed by atoms with E-state index in [0.717, 1.165) is 0 Å². The van der Waals surface area contributed by atoms with Crippen LogP contribution in [-0.4, -0.2) is 18.3 Å². The summed E-state index contributed by atoms with van der Waals surface area (Å²) in [5.41, 5.74) is 1.13. The number of hydrogen-bond acceptors (Lipinski definition) is 3. The number of ether oxygens (including phenoxy) is 2. The van der Waals surface area contributed by atoms with Crippen molar-refractivity contribution in [1.82, 2.24) is 0 Å². The van der Waals surface area contributed by atoms with Crippen molar-refractivity contribution in [2.45, 2.75) is 19.6 Å². The quantitative estimate of drug-likeness (QED) is 0.881. The lowest BCUT2D eigenvalue weighted by Gasteiger charge is -2.14. The number of aliphatic hydroxyl groups excluding tert-OH is 1. The molecular weight excluding hydrogens is 278 g/mol. The summed E-state index contributed by atoms with van der Waals surface area (Å²) in [4.78, 5) is 0. The zero-order valence-electron chi connectivity index (χ0n) is 11.5. The first kappa shape index (κ1) is 15.3. The highest BCUT2D eigenvalue weighted by Crippen LogP contribution is 2.27. The molecule has 0 saturated heterocycles. The van der Waals surface area contributed by atoms with E-state index in [2.05, 4.69) is 4.74 Å². The molecule has 0 saturated carbocycles. The zero-order chi connectivity index (χ0) is 15.2. The van der Waals surface area contributed by atoms with Gasteiger partial charge in [0.25, 0.3) is 0 Å². The third kappa shape index (κ3) is 4.16. The lowest BCUT2D eigenvalue weighted by Crippen LogP contribution is -2.04. The van der Waals surface area contributed by atoms with E-state index in [0.29, 0.717) is 23.5 Å². The van der Waals surface area contributed by atoms with Gasteiger partial charge in [0.2, 0.25) is 0 Å². The van der Waals surface area contributed by atoms with E-state index in [-0.39, 0.29) is 5.75 Å². The van der Waals surface area contributed by atoms with E-state index in [1.165, 1.54) is 12.1 Å². The van der Waals surface area contributed by atoms with Crippen molar-refractivity contribution in [3.63, 3.8) is 0 Å². The van der Waals surface area contributed by atoms with Crippen LogP contribution in [0.5, 0.6) is 11.5 Å². The Morgan fingerprint density at radius 3 is 2.33 bits per heavy atom. The highest BCUT2D eigenvalue weighted by atomic mass is 19.3. The van der Waals surface area contributed by atoms with Gasteiger partial charge in [-0.05, 0) is 42.3 Å². The summed E-state index contributed by atoms with van der Waals surface area (Å²) in [6.45, 7) is -0.436. The minimum atomic E-state index is -2.89. The maximum atomic E-state index is 12.2. The van der Waals surface area contributed by atoms with Crippen LogP contribution in [0.25, 0.3) is 0 Å². The average molecular weight is 294 g/mol. The fourth-order valence-electron chi connectivity index (χ4n) is 1.97. The molecule has 2 aromatic rings. The van der Waals surface area contributed by atoms with Crippen molar-refractivity contribution in [2.24, 2.45) is 0 Å². The summed E-state index contributed by atoms with van der Waals surface area (Å²) in [6, 6.07) is 13.0. The van der Waals surface area contributed by atoms with Crippen LogP contribution in [0.15, 0.2) is 48.5 Å². The predicted molar refractivity (Wildman–Crippen MR) is 74.7 cm³/mol. The Kier molecular flexibility index (Phi) is 5.11. The van der Waals surface area contributed by atoms with E-state index >= 15 is 0 Å². The molecule has 0 aliphatic rings. The molecule has 1 unspecified atom stereocenters. The summed E-state index contributed by atoms with van der Waals surface area (Å²) < 4.78 is 34.0. The summed E-state index contributed by atoms with van der Waals surface area (Å²) >= 11 is 0. The van der Waals surface area contributed by atoms with Crippen molar-refractivity contribution < 1.29 is 23.4 Å². The molecular formula is C16H16F2O3. The topological polar surface area (TPSA) is 38.7 Å². The molecule has 0 amide bonds. The molecule has 0 bridgehead atoms. The van der Waals surface area contributed by atoms with Crippen LogP contribution in [0.1, 0.15) is 24.2 Å². The smallest absolute Gasteiger partial charge is 0.387 e. The second kappa shape index (κ2) is 7.04. The minimum absolute atomic E-state index is 0.0208. The molecule has 0 heterocycles. The molecule has 0 fully saturated rings. The van der Waals surface area contributed by atoms with Crippen molar-refractivity contribution in [3.05, 3.63) is 59.7 Å². The lowest BCUT2D eigenvalue weighted by molar-refractivity contribution is -0.0499. The Balaban J connectivity index is 2.16. The number of aliphatic hydroxyl groups is 1. The highest BCUT2D eigenvalue weighted by Gasteiger charge is 2.12. The van der Waals surface area contributed by atoms with Crippen LogP contribution in [-0.2, 0) is 0 Å². The molecule has 1 atom stereocenters. The Morgan fingerprint density at radius 2 is 1.71 bits per heavy atom. The van der Waals surface area contributed by atoms with Gasteiger partial charge in [-0.1, -0.05) is 24.3 Å². The van der Waals surface area contributed by atoms with Crippen LogP contribution in [0.2, 0.25) is 0 Å². The molecule has 2 aromatic carbocycles. The first-order valence-corrected chi connectivity index (χ1v) is 6.55. The van der Waals surface area contributed by atoms with Gasteiger partial charge in [-0.15, -0.1) is 0 Å². The highest BCUT2D eigenvalue weighted by molar-refractivity contribution is 5.37. The Labute approximate surface area is 121 Å². The standard InChI is InChI=1S/C16H16F2O3/c1-2-20-13-8-6-11(7-9-13)15(19)12-4-3-5-14(10-12)21-16(17)18/h3-10,15-16,19H,2H2,1H3. The van der Waals surface area contributed by atoms with E-state index in [4.69, 9.17) is 4.74 Å². The molecule has 112 valence electrons. The summed E-state index contributed by atoms with van der Waals surface area (Å²) in [7, 11) is 0. The Morgan fingerprint density at radius 1 is 1.00 bits per heavy atom. The van der Waals surface area contributed by atoms with E-state index in [1.54, 1.807) is 36.4 Å². The molecule has 0 spiro atoms. The zero-order valence-corrected chi connectivity index (χ0v) is 11.5. The van der Waals surface area contributed by atoms with Gasteiger partial charge < -0.3 is 14.6 Å². The number of hydrogen-bond donors (Lipinski definition) is 1. The van der Waals surface area contributed by atoms with E-state index in [9.17, 15) is 13.9 Å². The first-order valence-electron chi connectivity index (χ1n) is 6.55. The van der Waals surface area contributed by atoms with Crippen molar-refractivity contribution >= 4 is 0 Å². The number of alkyl halides is 2. The maximum absolute atomic E-state index is 12.2. The van der Waals surface area contributed by atoms with Gasteiger partial charge >= 0.3 is 6.61 Å². The van der Waals surface area contributed by atoms with Gasteiger partial charge in [-0.3, -0.25) is 0 Å². The lowest BCUT2D eigenvalue weighted by atomic mass is 10.0. The Bertz CT molecular complexity index is 570. The first-order chi connectivity index (χ1) is 10.1. The van der Waals surface area contributed by atoms with Crippen LogP contribution < -0.4 is 9.47 Å². The van der Waals surface area contributed by atoms with Crippen molar-refractivity contribution in [2.75, 3.05) is 6.61 Å². The van der Waals surface area contributed by atoms with Gasteiger partial charge in [-0.2, -0.15) is 8.78 Å². The van der Waals surface area contributed by atoms with Gasteiger partial charge in [0, 0.05) is 0 Å². The van der Waals surface area contributed by atoms with Crippen LogP contribution >= 0.6 is 0 Å². The molecule has 3 nitrogen and oxygen atoms in total. The molecule has 2 rings (SSSR count). The fraction of sp³-hybridized carbons (Fsp3) is 0.250. The predicted octanol–water partition coefficient (Wildman–Crippen LogP) is 3.77. The maximum Gasteiger partial charge on any atom is 0.387 e. The second-order valence-electron chi connectivity index (χ2n) is 4.36. The summed E-state index contributed by atoms with van der Waals surface area (Å²) in [5, 5.41) is 10.3. The summed E-state index contributed by atoms with van der Waals surface area (Å²) in [5.74, 6) is 0.732. The molecule has 1 N–H and O–H groups in total. The van der Waals surface area contributed by atoms with Gasteiger partial charge in [-0.25, -0.2) is 0 Å². The van der Waals surface area contributed by atoms with Gasteiger partial charge in [0.05, 0.1) is 6.61 Å². The average Bonchev–Trinajstić information content (AvgIpc) is 2.47. The number of benzene rings is 2. The van der Waals surface area contributed by atoms with E-state index < -0.39 is 12.7 Å². The normalized spacial score (nSPS) is 12.2. The van der Waals surface area contributed by atoms with Crippen molar-refractivity contribution in [3.8, 4) is 11.5 Å². The third-order valence-electron chi connectivity index (χ3n) is 2.91. The largest absolute Gasteiger partial charge is 0.494 e. The molecule has 0 aromatic heterocycles. The molecule has 5 heteroatoms. The van der Waals surface area contributed by atoms with Crippen LogP contribution in [0.3, 0.4) is 0 Å². The fourth-order valence-corrected chi connectivity index (χ4v) is 1.97. The summed E-state index contributed by atoms with van der Waals surface area (Å²) in [6.07, 6.45) is -0.915. The minimum Gasteiger partial charge on any atom is -0.494 e. The SMILES string of the molecule is CCOc1ccc(C(O)c2cccc(OC(F)F)c2)cc1. The van der Waals surface area contributed by atoms with Crippen LogP contribution in [0, 0.1) is 0 Å². The van der Waals surface area contributed by atoms with Crippen LogP contribution in [0.4, 0.5) is 8.78 Å². The molecule has 0 aliphatic heterocycles. The molecule has 0 radical (unpaired) electrons. The Hall–Kier alpha value is -2.14. The molecule has 0 aliphatic carbocycles. The second-order valence-corrected chi connectivity index (χ2v) is 4.36. The monoisotopic (exact) mass is 294 g/mol. The van der Waals surface area contributed by atoms with Crippen molar-refractivity contribution in [1.29, 1.82) is 0 Å². The van der Waals surface area contributed by atoms with Gasteiger partial charge in [0.1, 0.15) is 17.6 Å². The number of halogens is 2. The van der Waals surface area contributed by atoms with Gasteiger partial charge in [0.15, 0.2) is 0 Å².